The summed E-state index contributed by atoms with van der Waals surface area (Å²) in [6, 6.07) is 17.6. The third kappa shape index (κ3) is 5.34. The highest BCUT2D eigenvalue weighted by Gasteiger charge is 2.13. The fraction of sp³-hybridized carbons (Fsp3) is 0.208. The molecule has 3 rings (SSSR count). The van der Waals surface area contributed by atoms with Gasteiger partial charge < -0.3 is 9.64 Å². The average molecular weight is 432 g/mol. The Balaban J connectivity index is 1.73. The van der Waals surface area contributed by atoms with E-state index in [4.69, 9.17) is 4.74 Å². The lowest BCUT2D eigenvalue weighted by atomic mass is 10.1. The molecule has 8 nitrogen and oxygen atoms in total. The maximum Gasteiger partial charge on any atom is 0.333 e. The molecule has 0 aliphatic carbocycles. The zero-order valence-corrected chi connectivity index (χ0v) is 18.0. The molecule has 0 aliphatic heterocycles. The maximum absolute atomic E-state index is 11.5. The smallest absolute Gasteiger partial charge is 0.333 e. The molecular weight excluding hydrogens is 408 g/mol. The number of fused-ring (bicyclic) bond motifs is 1. The first-order valence-electron chi connectivity index (χ1n) is 10.2. The lowest BCUT2D eigenvalue weighted by Gasteiger charge is -2.22. The molecule has 0 bridgehead atoms. The molecule has 164 valence electrons. The van der Waals surface area contributed by atoms with Gasteiger partial charge in [-0.1, -0.05) is 24.8 Å². The van der Waals surface area contributed by atoms with E-state index in [2.05, 4.69) is 21.7 Å². The minimum Gasteiger partial charge on any atom is -0.460 e. The molecule has 0 aliphatic rings. The van der Waals surface area contributed by atoms with Crippen LogP contribution in [0.3, 0.4) is 0 Å². The van der Waals surface area contributed by atoms with Crippen molar-refractivity contribution in [2.45, 2.75) is 13.8 Å². The van der Waals surface area contributed by atoms with E-state index < -0.39 is 10.9 Å². The number of carbonyl (C=O) groups excluding carboxylic acids is 1. The monoisotopic (exact) mass is 432 g/mol. The van der Waals surface area contributed by atoms with Gasteiger partial charge >= 0.3 is 5.97 Å². The lowest BCUT2D eigenvalue weighted by molar-refractivity contribution is -0.383. The molecule has 0 aromatic heterocycles. The number of nitro benzene ring substituents is 1. The largest absolute Gasteiger partial charge is 0.460 e. The SMILES string of the molecule is C=C(C)C(=O)OCCN(CC)c1ccc(N=Nc2ccc([N+](=O)[O-])c3ccccc23)cc1. The van der Waals surface area contributed by atoms with Crippen molar-refractivity contribution in [2.75, 3.05) is 24.6 Å². The van der Waals surface area contributed by atoms with Crippen molar-refractivity contribution < 1.29 is 14.5 Å². The van der Waals surface area contributed by atoms with E-state index in [1.807, 2.05) is 37.3 Å². The number of azo groups is 1. The Labute approximate surface area is 186 Å². The second-order valence-electron chi connectivity index (χ2n) is 7.12. The molecule has 3 aromatic rings. The molecule has 0 fully saturated rings. The van der Waals surface area contributed by atoms with Gasteiger partial charge in [0.05, 0.1) is 28.2 Å². The Bertz CT molecular complexity index is 1170. The summed E-state index contributed by atoms with van der Waals surface area (Å²) in [4.78, 5) is 24.5. The number of likely N-dealkylation sites (N-methyl/N-ethyl adjacent to an activating group) is 1. The molecule has 0 saturated heterocycles. The lowest BCUT2D eigenvalue weighted by Crippen LogP contribution is -2.28. The van der Waals surface area contributed by atoms with Gasteiger partial charge in [0.25, 0.3) is 5.69 Å². The number of esters is 1. The third-order valence-electron chi connectivity index (χ3n) is 4.89. The van der Waals surface area contributed by atoms with Gasteiger partial charge in [-0.15, -0.1) is 5.11 Å². The van der Waals surface area contributed by atoms with Crippen molar-refractivity contribution >= 4 is 39.5 Å². The Morgan fingerprint density at radius 2 is 1.75 bits per heavy atom. The Hall–Kier alpha value is -4.07. The van der Waals surface area contributed by atoms with Crippen LogP contribution in [-0.4, -0.2) is 30.6 Å². The number of nitro groups is 1. The molecule has 0 atom stereocenters. The van der Waals surface area contributed by atoms with E-state index in [9.17, 15) is 14.9 Å². The molecule has 3 aromatic carbocycles. The molecule has 0 saturated carbocycles. The van der Waals surface area contributed by atoms with Crippen LogP contribution in [0.1, 0.15) is 13.8 Å². The highest BCUT2D eigenvalue weighted by atomic mass is 16.6. The highest BCUT2D eigenvalue weighted by molar-refractivity contribution is 5.98. The summed E-state index contributed by atoms with van der Waals surface area (Å²) in [6.07, 6.45) is 0. The summed E-state index contributed by atoms with van der Waals surface area (Å²) in [6.45, 7) is 8.79. The summed E-state index contributed by atoms with van der Waals surface area (Å²) < 4.78 is 5.17. The van der Waals surface area contributed by atoms with E-state index in [-0.39, 0.29) is 12.3 Å². The topological polar surface area (TPSA) is 97.4 Å². The number of nitrogens with zero attached hydrogens (tertiary/aromatic N) is 4. The molecule has 8 heteroatoms. The summed E-state index contributed by atoms with van der Waals surface area (Å²) in [7, 11) is 0. The first-order chi connectivity index (χ1) is 15.4. The molecule has 0 unspecified atom stereocenters. The van der Waals surface area contributed by atoms with Crippen LogP contribution in [0, 0.1) is 10.1 Å². The Morgan fingerprint density at radius 3 is 2.38 bits per heavy atom. The van der Waals surface area contributed by atoms with Crippen LogP contribution in [0.2, 0.25) is 0 Å². The van der Waals surface area contributed by atoms with Crippen molar-refractivity contribution in [3.63, 3.8) is 0 Å². The van der Waals surface area contributed by atoms with Crippen LogP contribution in [0.15, 0.2) is 83.0 Å². The van der Waals surface area contributed by atoms with Gasteiger partial charge in [-0.05, 0) is 50.2 Å². The molecule has 0 N–H and O–H groups in total. The standard InChI is InChI=1S/C24H24N4O4/c1-4-27(15-16-32-24(29)17(2)3)19-11-9-18(10-12-19)25-26-22-13-14-23(28(30)31)21-8-6-5-7-20(21)22/h5-14H,2,4,15-16H2,1,3H3. The van der Waals surface area contributed by atoms with Gasteiger partial charge in [0.2, 0.25) is 0 Å². The summed E-state index contributed by atoms with van der Waals surface area (Å²) in [5.74, 6) is -0.393. The zero-order valence-electron chi connectivity index (χ0n) is 18.0. The number of non-ortho nitro benzene ring substituents is 1. The number of hydrogen-bond donors (Lipinski definition) is 0. The number of hydrogen-bond acceptors (Lipinski definition) is 7. The summed E-state index contributed by atoms with van der Waals surface area (Å²) in [5.41, 5.74) is 2.60. The van der Waals surface area contributed by atoms with Crippen molar-refractivity contribution in [2.24, 2.45) is 10.2 Å². The van der Waals surface area contributed by atoms with Gasteiger partial charge in [-0.2, -0.15) is 5.11 Å². The second kappa shape index (κ2) is 10.3. The fourth-order valence-corrected chi connectivity index (χ4v) is 3.20. The number of anilines is 1. The minimum atomic E-state index is -0.402. The summed E-state index contributed by atoms with van der Waals surface area (Å²) >= 11 is 0. The molecular formula is C24H24N4O4. The average Bonchev–Trinajstić information content (AvgIpc) is 2.80. The van der Waals surface area contributed by atoms with Crippen LogP contribution in [-0.2, 0) is 9.53 Å². The molecule has 0 radical (unpaired) electrons. The third-order valence-corrected chi connectivity index (χ3v) is 4.89. The quantitative estimate of drug-likeness (QED) is 0.134. The van der Waals surface area contributed by atoms with Crippen molar-refractivity contribution in [3.05, 3.63) is 82.9 Å². The molecule has 0 spiro atoms. The predicted molar refractivity (Wildman–Crippen MR) is 125 cm³/mol. The Morgan fingerprint density at radius 1 is 1.06 bits per heavy atom. The zero-order chi connectivity index (χ0) is 23.1. The van der Waals surface area contributed by atoms with Crippen LogP contribution in [0.25, 0.3) is 10.8 Å². The molecule has 0 amide bonds. The Kier molecular flexibility index (Phi) is 7.28. The van der Waals surface area contributed by atoms with E-state index in [0.717, 1.165) is 12.2 Å². The first kappa shape index (κ1) is 22.6. The maximum atomic E-state index is 11.5. The van der Waals surface area contributed by atoms with Crippen molar-refractivity contribution in [1.82, 2.24) is 0 Å². The first-order valence-corrected chi connectivity index (χ1v) is 10.2. The van der Waals surface area contributed by atoms with Crippen LogP contribution in [0.5, 0.6) is 0 Å². The van der Waals surface area contributed by atoms with E-state index >= 15 is 0 Å². The van der Waals surface area contributed by atoms with Crippen LogP contribution in [0.4, 0.5) is 22.7 Å². The van der Waals surface area contributed by atoms with E-state index in [1.54, 1.807) is 31.2 Å². The van der Waals surface area contributed by atoms with Gasteiger partial charge in [0.1, 0.15) is 6.61 Å². The minimum absolute atomic E-state index is 0.0393. The van der Waals surface area contributed by atoms with E-state index in [1.165, 1.54) is 6.07 Å². The number of benzene rings is 3. The van der Waals surface area contributed by atoms with E-state index in [0.29, 0.717) is 34.3 Å². The van der Waals surface area contributed by atoms with Gasteiger partial charge in [-0.3, -0.25) is 10.1 Å². The number of rotatable bonds is 9. The van der Waals surface area contributed by atoms with Crippen LogP contribution < -0.4 is 4.90 Å². The molecule has 32 heavy (non-hydrogen) atoms. The normalized spacial score (nSPS) is 10.9. The number of carbonyl (C=O) groups is 1. The highest BCUT2D eigenvalue weighted by Crippen LogP contribution is 2.34. The number of ether oxygens (including phenoxy) is 1. The molecule has 0 heterocycles. The fourth-order valence-electron chi connectivity index (χ4n) is 3.20. The predicted octanol–water partition coefficient (Wildman–Crippen LogP) is 6.11. The van der Waals surface area contributed by atoms with Gasteiger partial charge in [0, 0.05) is 29.3 Å². The van der Waals surface area contributed by atoms with Crippen molar-refractivity contribution in [1.29, 1.82) is 0 Å². The van der Waals surface area contributed by atoms with Crippen LogP contribution >= 0.6 is 0 Å². The second-order valence-corrected chi connectivity index (χ2v) is 7.12. The summed E-state index contributed by atoms with van der Waals surface area (Å²) in [5, 5.41) is 21.1. The van der Waals surface area contributed by atoms with Gasteiger partial charge in [-0.25, -0.2) is 4.79 Å². The van der Waals surface area contributed by atoms with Gasteiger partial charge in [0.15, 0.2) is 0 Å². The van der Waals surface area contributed by atoms with Crippen molar-refractivity contribution in [3.8, 4) is 0 Å².